The maximum atomic E-state index is 6.02. The largest absolute Gasteiger partial charge is 0.371 e. The number of hydrogen-bond acceptors (Lipinski definition) is 1. The Morgan fingerprint density at radius 3 is 2.33 bits per heavy atom. The maximum Gasteiger partial charge on any atom is 0.0831 e. The topological polar surface area (TPSA) is 9.23 Å². The lowest BCUT2D eigenvalue weighted by Crippen LogP contribution is -2.10. The molecule has 0 bridgehead atoms. The molecule has 2 aromatic rings. The van der Waals surface area contributed by atoms with Crippen LogP contribution in [0.25, 0.3) is 10.8 Å². The van der Waals surface area contributed by atoms with Crippen LogP contribution < -0.4 is 0 Å². The van der Waals surface area contributed by atoms with Gasteiger partial charge in [0.2, 0.25) is 0 Å². The molecule has 0 aliphatic heterocycles. The van der Waals surface area contributed by atoms with E-state index in [-0.39, 0.29) is 12.2 Å². The van der Waals surface area contributed by atoms with Crippen molar-refractivity contribution in [1.29, 1.82) is 0 Å². The molecule has 2 aromatic carbocycles. The highest BCUT2D eigenvalue weighted by Gasteiger charge is 2.15. The number of rotatable bonds is 4. The molecule has 0 radical (unpaired) electrons. The molecule has 0 aromatic heterocycles. The van der Waals surface area contributed by atoms with Gasteiger partial charge in [0.15, 0.2) is 0 Å². The fraction of sp³-hybridized carbons (Fsp3) is 0.375. The van der Waals surface area contributed by atoms with Crippen LogP contribution in [0.5, 0.6) is 0 Å². The van der Waals surface area contributed by atoms with Gasteiger partial charge in [-0.05, 0) is 42.7 Å². The number of ether oxygens (including phenoxy) is 1. The van der Waals surface area contributed by atoms with Crippen molar-refractivity contribution in [1.82, 2.24) is 0 Å². The molecule has 0 saturated heterocycles. The maximum absolute atomic E-state index is 6.02. The molecule has 2 rings (SSSR count). The van der Waals surface area contributed by atoms with Crippen LogP contribution in [0, 0.1) is 0 Å². The van der Waals surface area contributed by atoms with Gasteiger partial charge < -0.3 is 4.74 Å². The fourth-order valence-electron chi connectivity index (χ4n) is 2.28. The van der Waals surface area contributed by atoms with Crippen LogP contribution in [-0.2, 0) is 4.74 Å². The van der Waals surface area contributed by atoms with E-state index in [1.807, 2.05) is 0 Å². The van der Waals surface area contributed by atoms with Crippen LogP contribution in [0.4, 0.5) is 0 Å². The Balaban J connectivity index is 2.53. The summed E-state index contributed by atoms with van der Waals surface area (Å²) in [6.45, 7) is 6.34. The SMILES string of the molecule is CC[C@H](OC(C)C)c1ccc(Br)c2ccccc12. The molecule has 0 unspecified atom stereocenters. The first kappa shape index (κ1) is 13.6. The Morgan fingerprint density at radius 2 is 1.72 bits per heavy atom. The molecule has 0 saturated carbocycles. The molecule has 0 aliphatic rings. The zero-order chi connectivity index (χ0) is 13.1. The molecule has 2 heteroatoms. The van der Waals surface area contributed by atoms with Gasteiger partial charge in [-0.1, -0.05) is 53.2 Å². The molecule has 0 spiro atoms. The second-order valence-electron chi connectivity index (χ2n) is 4.76. The Hall–Kier alpha value is -0.860. The third kappa shape index (κ3) is 2.76. The highest BCUT2D eigenvalue weighted by Crippen LogP contribution is 2.33. The molecule has 0 aliphatic carbocycles. The summed E-state index contributed by atoms with van der Waals surface area (Å²) in [5, 5.41) is 2.53. The summed E-state index contributed by atoms with van der Waals surface area (Å²) in [5.74, 6) is 0. The molecule has 0 heterocycles. The second kappa shape index (κ2) is 5.85. The molecule has 18 heavy (non-hydrogen) atoms. The highest BCUT2D eigenvalue weighted by molar-refractivity contribution is 9.10. The smallest absolute Gasteiger partial charge is 0.0831 e. The van der Waals surface area contributed by atoms with Gasteiger partial charge in [0, 0.05) is 4.47 Å². The summed E-state index contributed by atoms with van der Waals surface area (Å²) in [7, 11) is 0. The summed E-state index contributed by atoms with van der Waals surface area (Å²) in [6.07, 6.45) is 1.41. The van der Waals surface area contributed by atoms with Crippen LogP contribution in [-0.4, -0.2) is 6.10 Å². The third-order valence-corrected chi connectivity index (χ3v) is 3.75. The molecule has 0 N–H and O–H groups in total. The fourth-order valence-corrected chi connectivity index (χ4v) is 2.76. The minimum Gasteiger partial charge on any atom is -0.371 e. The van der Waals surface area contributed by atoms with E-state index in [2.05, 4.69) is 73.1 Å². The summed E-state index contributed by atoms with van der Waals surface area (Å²) in [4.78, 5) is 0. The van der Waals surface area contributed by atoms with Gasteiger partial charge >= 0.3 is 0 Å². The highest BCUT2D eigenvalue weighted by atomic mass is 79.9. The van der Waals surface area contributed by atoms with Gasteiger partial charge in [-0.15, -0.1) is 0 Å². The first-order chi connectivity index (χ1) is 8.63. The number of halogens is 1. The van der Waals surface area contributed by atoms with Crippen molar-refractivity contribution in [2.24, 2.45) is 0 Å². The van der Waals surface area contributed by atoms with E-state index >= 15 is 0 Å². The van der Waals surface area contributed by atoms with Gasteiger partial charge in [-0.3, -0.25) is 0 Å². The van der Waals surface area contributed by atoms with Crippen molar-refractivity contribution >= 4 is 26.7 Å². The van der Waals surface area contributed by atoms with Crippen LogP contribution in [0.15, 0.2) is 40.9 Å². The first-order valence-electron chi connectivity index (χ1n) is 6.46. The van der Waals surface area contributed by atoms with Crippen LogP contribution in [0.2, 0.25) is 0 Å². The van der Waals surface area contributed by atoms with Gasteiger partial charge in [0.25, 0.3) is 0 Å². The predicted molar refractivity (Wildman–Crippen MR) is 80.9 cm³/mol. The van der Waals surface area contributed by atoms with Crippen LogP contribution in [0.1, 0.15) is 38.9 Å². The third-order valence-electron chi connectivity index (χ3n) is 3.06. The summed E-state index contributed by atoms with van der Waals surface area (Å²) in [6, 6.07) is 12.8. The lowest BCUT2D eigenvalue weighted by Gasteiger charge is -2.21. The van der Waals surface area contributed by atoms with E-state index in [0.717, 1.165) is 10.9 Å². The lowest BCUT2D eigenvalue weighted by atomic mass is 9.99. The van der Waals surface area contributed by atoms with Gasteiger partial charge in [0.05, 0.1) is 12.2 Å². The minimum absolute atomic E-state index is 0.169. The monoisotopic (exact) mass is 306 g/mol. The van der Waals surface area contributed by atoms with E-state index in [0.29, 0.717) is 0 Å². The summed E-state index contributed by atoms with van der Waals surface area (Å²) < 4.78 is 7.16. The second-order valence-corrected chi connectivity index (χ2v) is 5.62. The van der Waals surface area contributed by atoms with Gasteiger partial charge in [0.1, 0.15) is 0 Å². The number of fused-ring (bicyclic) bond motifs is 1. The molecular weight excluding hydrogens is 288 g/mol. The number of hydrogen-bond donors (Lipinski definition) is 0. The van der Waals surface area contributed by atoms with Crippen molar-refractivity contribution < 1.29 is 4.74 Å². The van der Waals surface area contributed by atoms with Crippen LogP contribution in [0.3, 0.4) is 0 Å². The van der Waals surface area contributed by atoms with Crippen molar-refractivity contribution in [3.63, 3.8) is 0 Å². The molecular formula is C16H19BrO. The Labute approximate surface area is 117 Å². The Morgan fingerprint density at radius 1 is 1.06 bits per heavy atom. The predicted octanol–water partition coefficient (Wildman–Crippen LogP) is 5.48. The van der Waals surface area contributed by atoms with Crippen LogP contribution >= 0.6 is 15.9 Å². The van der Waals surface area contributed by atoms with Crippen molar-refractivity contribution in [2.75, 3.05) is 0 Å². The molecule has 1 nitrogen and oxygen atoms in total. The summed E-state index contributed by atoms with van der Waals surface area (Å²) >= 11 is 3.61. The van der Waals surface area contributed by atoms with Gasteiger partial charge in [-0.2, -0.15) is 0 Å². The first-order valence-corrected chi connectivity index (χ1v) is 7.25. The van der Waals surface area contributed by atoms with Crippen molar-refractivity contribution in [3.05, 3.63) is 46.4 Å². The molecule has 96 valence electrons. The van der Waals surface area contributed by atoms with Gasteiger partial charge in [-0.25, -0.2) is 0 Å². The summed E-state index contributed by atoms with van der Waals surface area (Å²) in [5.41, 5.74) is 1.28. The van der Waals surface area contributed by atoms with E-state index < -0.39 is 0 Å². The van der Waals surface area contributed by atoms with E-state index in [1.54, 1.807) is 0 Å². The normalized spacial score (nSPS) is 13.2. The minimum atomic E-state index is 0.169. The molecule has 0 fully saturated rings. The zero-order valence-electron chi connectivity index (χ0n) is 11.1. The number of benzene rings is 2. The van der Waals surface area contributed by atoms with E-state index in [9.17, 15) is 0 Å². The average molecular weight is 307 g/mol. The molecule has 1 atom stereocenters. The quantitative estimate of drug-likeness (QED) is 0.727. The lowest BCUT2D eigenvalue weighted by molar-refractivity contribution is 0.00531. The average Bonchev–Trinajstić information content (AvgIpc) is 2.37. The van der Waals surface area contributed by atoms with Crippen molar-refractivity contribution in [3.8, 4) is 0 Å². The van der Waals surface area contributed by atoms with E-state index in [4.69, 9.17) is 4.74 Å². The Kier molecular flexibility index (Phi) is 4.41. The molecule has 0 amide bonds. The zero-order valence-corrected chi connectivity index (χ0v) is 12.7. The standard InChI is InChI=1S/C16H19BrO/c1-4-16(18-11(2)3)14-9-10-15(17)13-8-6-5-7-12(13)14/h5-11,16H,4H2,1-3H3/t16-/m0/s1. The van der Waals surface area contributed by atoms with Crippen molar-refractivity contribution in [2.45, 2.75) is 39.4 Å². The Bertz CT molecular complexity index is 534. The van der Waals surface area contributed by atoms with E-state index in [1.165, 1.54) is 16.3 Å².